The van der Waals surface area contributed by atoms with Crippen molar-refractivity contribution in [3.05, 3.63) is 54.2 Å². The smallest absolute Gasteiger partial charge is 0.252 e. The number of carbonyl (C=O) groups is 2. The average molecular weight is 421 g/mol. The lowest BCUT2D eigenvalue weighted by Gasteiger charge is -2.36. The van der Waals surface area contributed by atoms with Crippen molar-refractivity contribution < 1.29 is 9.59 Å². The Bertz CT molecular complexity index is 950. The van der Waals surface area contributed by atoms with E-state index in [9.17, 15) is 9.59 Å². The summed E-state index contributed by atoms with van der Waals surface area (Å²) < 4.78 is 0. The minimum atomic E-state index is -0.696. The second-order valence-corrected chi connectivity index (χ2v) is 8.15. The van der Waals surface area contributed by atoms with Crippen molar-refractivity contribution >= 4 is 29.3 Å². The summed E-state index contributed by atoms with van der Waals surface area (Å²) >= 11 is 0. The molecule has 31 heavy (non-hydrogen) atoms. The van der Waals surface area contributed by atoms with Crippen LogP contribution in [0.5, 0.6) is 0 Å². The first-order valence-electron chi connectivity index (χ1n) is 10.7. The maximum absolute atomic E-state index is 12.4. The van der Waals surface area contributed by atoms with Crippen molar-refractivity contribution in [2.45, 2.75) is 32.2 Å². The Morgan fingerprint density at radius 1 is 1.10 bits per heavy atom. The zero-order valence-electron chi connectivity index (χ0n) is 17.9. The van der Waals surface area contributed by atoms with Crippen LogP contribution in [0.15, 0.2) is 53.7 Å². The maximum atomic E-state index is 12.4. The van der Waals surface area contributed by atoms with E-state index in [0.29, 0.717) is 11.9 Å². The van der Waals surface area contributed by atoms with E-state index in [1.54, 1.807) is 6.20 Å². The number of piperazine rings is 1. The summed E-state index contributed by atoms with van der Waals surface area (Å²) in [5, 5.41) is 5.70. The number of benzene rings is 1. The molecule has 1 atom stereocenters. The average Bonchev–Trinajstić information content (AvgIpc) is 3.15. The lowest BCUT2D eigenvalue weighted by atomic mass is 10.0. The van der Waals surface area contributed by atoms with E-state index >= 15 is 0 Å². The molecule has 8 heteroatoms. The molecule has 0 saturated carbocycles. The second kappa shape index (κ2) is 9.16. The summed E-state index contributed by atoms with van der Waals surface area (Å²) in [6.07, 6.45) is 1.81. The molecule has 0 bridgehead atoms. The van der Waals surface area contributed by atoms with Crippen molar-refractivity contribution in [2.75, 3.05) is 36.4 Å². The van der Waals surface area contributed by atoms with Crippen LogP contribution in [0, 0.1) is 0 Å². The van der Waals surface area contributed by atoms with Gasteiger partial charge in [-0.05, 0) is 35.7 Å². The van der Waals surface area contributed by atoms with E-state index in [1.165, 1.54) is 5.56 Å². The molecule has 0 unspecified atom stereocenters. The molecule has 0 radical (unpaired) electrons. The lowest BCUT2D eigenvalue weighted by Crippen LogP contribution is -2.52. The molecular formula is C23H28N6O2. The highest BCUT2D eigenvalue weighted by Gasteiger charge is 2.32. The number of amides is 2. The van der Waals surface area contributed by atoms with Crippen molar-refractivity contribution in [1.29, 1.82) is 0 Å². The number of pyridine rings is 1. The Morgan fingerprint density at radius 3 is 2.45 bits per heavy atom. The Balaban J connectivity index is 1.30. The number of hydrogen-bond acceptors (Lipinski definition) is 6. The van der Waals surface area contributed by atoms with Gasteiger partial charge < -0.3 is 15.1 Å². The third kappa shape index (κ3) is 5.02. The highest BCUT2D eigenvalue weighted by molar-refractivity contribution is 6.07. The molecule has 4 rings (SSSR count). The van der Waals surface area contributed by atoms with Gasteiger partial charge in [0.15, 0.2) is 0 Å². The van der Waals surface area contributed by atoms with Crippen LogP contribution in [-0.4, -0.2) is 59.9 Å². The summed E-state index contributed by atoms with van der Waals surface area (Å²) in [7, 11) is 0. The molecule has 2 amide bonds. The fraction of sp³-hybridized carbons (Fsp3) is 0.391. The van der Waals surface area contributed by atoms with Gasteiger partial charge in [-0.1, -0.05) is 32.0 Å². The lowest BCUT2D eigenvalue weighted by molar-refractivity contribution is -0.123. The van der Waals surface area contributed by atoms with Gasteiger partial charge >= 0.3 is 0 Å². The van der Waals surface area contributed by atoms with E-state index in [4.69, 9.17) is 0 Å². The summed E-state index contributed by atoms with van der Waals surface area (Å²) in [5.74, 6) is 1.50. The Kier molecular flexibility index (Phi) is 6.16. The molecule has 2 aliphatic rings. The molecular weight excluding hydrogens is 392 g/mol. The fourth-order valence-corrected chi connectivity index (χ4v) is 3.76. The molecule has 162 valence electrons. The van der Waals surface area contributed by atoms with E-state index in [-0.39, 0.29) is 18.2 Å². The Morgan fingerprint density at radius 2 is 1.81 bits per heavy atom. The zero-order chi connectivity index (χ0) is 21.8. The van der Waals surface area contributed by atoms with Crippen LogP contribution < -0.4 is 15.5 Å². The minimum absolute atomic E-state index is 0.0230. The predicted octanol–water partition coefficient (Wildman–Crippen LogP) is 2.21. The number of anilines is 2. The number of carbonyl (C=O) groups excluding carboxylic acids is 2. The van der Waals surface area contributed by atoms with Crippen LogP contribution in [0.2, 0.25) is 0 Å². The van der Waals surface area contributed by atoms with Gasteiger partial charge in [-0.25, -0.2) is 9.98 Å². The van der Waals surface area contributed by atoms with Crippen LogP contribution in [0.4, 0.5) is 11.5 Å². The number of aromatic nitrogens is 1. The number of hydrogen-bond donors (Lipinski definition) is 2. The van der Waals surface area contributed by atoms with Crippen LogP contribution in [0.25, 0.3) is 0 Å². The number of rotatable bonds is 5. The standard InChI is InChI=1S/C23H28N6O2/c1-16(2)17-6-8-18(9-7-17)25-21(30)15-19-22(31)27-23(26-19)29-13-11-28(12-14-29)20-5-3-4-10-24-20/h3-10,16,19H,11-15H2,1-2H3,(H,25,30)(H,26,27,31)/t19-/m1/s1. The van der Waals surface area contributed by atoms with Crippen molar-refractivity contribution in [3.63, 3.8) is 0 Å². The molecule has 3 heterocycles. The number of aliphatic imine (C=N–C) groups is 1. The predicted molar refractivity (Wildman–Crippen MR) is 121 cm³/mol. The molecule has 2 N–H and O–H groups in total. The minimum Gasteiger partial charge on any atom is -0.353 e. The molecule has 1 saturated heterocycles. The molecule has 8 nitrogen and oxygen atoms in total. The van der Waals surface area contributed by atoms with E-state index in [2.05, 4.69) is 44.3 Å². The molecule has 0 aliphatic carbocycles. The Labute approximate surface area is 182 Å². The van der Waals surface area contributed by atoms with Gasteiger partial charge in [0.1, 0.15) is 11.9 Å². The molecule has 0 spiro atoms. The van der Waals surface area contributed by atoms with Crippen molar-refractivity contribution in [1.82, 2.24) is 15.2 Å². The van der Waals surface area contributed by atoms with Crippen LogP contribution in [0.3, 0.4) is 0 Å². The first-order valence-corrected chi connectivity index (χ1v) is 10.7. The summed E-state index contributed by atoms with van der Waals surface area (Å²) in [6, 6.07) is 13.0. The molecule has 1 aromatic heterocycles. The van der Waals surface area contributed by atoms with Crippen molar-refractivity contribution in [2.24, 2.45) is 4.99 Å². The summed E-state index contributed by atoms with van der Waals surface area (Å²) in [4.78, 5) is 38.0. The summed E-state index contributed by atoms with van der Waals surface area (Å²) in [6.45, 7) is 7.31. The normalized spacial score (nSPS) is 18.7. The molecule has 1 fully saturated rings. The first-order chi connectivity index (χ1) is 15.0. The van der Waals surface area contributed by atoms with Crippen LogP contribution in [-0.2, 0) is 9.59 Å². The Hall–Kier alpha value is -3.42. The largest absolute Gasteiger partial charge is 0.353 e. The van der Waals surface area contributed by atoms with Gasteiger partial charge in [0.05, 0.1) is 6.42 Å². The SMILES string of the molecule is CC(C)c1ccc(NC(=O)C[C@H]2N=C(N3CCN(c4ccccn4)CC3)NC2=O)cc1. The topological polar surface area (TPSA) is 89.9 Å². The van der Waals surface area contributed by atoms with Gasteiger partial charge in [-0.2, -0.15) is 0 Å². The van der Waals surface area contributed by atoms with Crippen LogP contribution >= 0.6 is 0 Å². The number of nitrogens with zero attached hydrogens (tertiary/aromatic N) is 4. The van der Waals surface area contributed by atoms with Gasteiger partial charge in [0, 0.05) is 38.1 Å². The van der Waals surface area contributed by atoms with Crippen LogP contribution in [0.1, 0.15) is 31.7 Å². The highest BCUT2D eigenvalue weighted by atomic mass is 16.2. The number of nitrogens with one attached hydrogen (secondary N) is 2. The fourth-order valence-electron chi connectivity index (χ4n) is 3.76. The molecule has 1 aromatic carbocycles. The quantitative estimate of drug-likeness (QED) is 0.774. The van der Waals surface area contributed by atoms with Gasteiger partial charge in [0.25, 0.3) is 5.91 Å². The molecule has 2 aliphatic heterocycles. The van der Waals surface area contributed by atoms with Crippen molar-refractivity contribution in [3.8, 4) is 0 Å². The second-order valence-electron chi connectivity index (χ2n) is 8.15. The maximum Gasteiger partial charge on any atom is 0.252 e. The van der Waals surface area contributed by atoms with Gasteiger partial charge in [-0.3, -0.25) is 14.9 Å². The third-order valence-electron chi connectivity index (χ3n) is 5.61. The van der Waals surface area contributed by atoms with E-state index < -0.39 is 6.04 Å². The molecule has 2 aromatic rings. The monoisotopic (exact) mass is 420 g/mol. The zero-order valence-corrected chi connectivity index (χ0v) is 17.9. The van der Waals surface area contributed by atoms with E-state index in [0.717, 1.165) is 37.7 Å². The first kappa shape index (κ1) is 20.8. The van der Waals surface area contributed by atoms with Gasteiger partial charge in [-0.15, -0.1) is 0 Å². The van der Waals surface area contributed by atoms with Gasteiger partial charge in [0.2, 0.25) is 11.9 Å². The third-order valence-corrected chi connectivity index (χ3v) is 5.61. The number of guanidine groups is 1. The van der Waals surface area contributed by atoms with E-state index in [1.807, 2.05) is 42.5 Å². The summed E-state index contributed by atoms with van der Waals surface area (Å²) in [5.41, 5.74) is 1.94. The highest BCUT2D eigenvalue weighted by Crippen LogP contribution is 2.18.